The summed E-state index contributed by atoms with van der Waals surface area (Å²) >= 11 is 1.43. The average Bonchev–Trinajstić information content (AvgIpc) is 3.48. The number of thioether (sulfide) groups is 1. The van der Waals surface area contributed by atoms with Gasteiger partial charge in [-0.2, -0.15) is 5.26 Å². The van der Waals surface area contributed by atoms with Gasteiger partial charge in [-0.25, -0.2) is 9.50 Å². The molecule has 5 aromatic rings. The van der Waals surface area contributed by atoms with Gasteiger partial charge in [-0.3, -0.25) is 14.5 Å². The number of hydrogen-bond acceptors (Lipinski definition) is 7. The van der Waals surface area contributed by atoms with Gasteiger partial charge in [0.25, 0.3) is 5.56 Å². The van der Waals surface area contributed by atoms with Crippen LogP contribution in [0.15, 0.2) is 76.8 Å². The molecule has 5 rings (SSSR count). The molecule has 0 atom stereocenters. The number of aromatic nitrogens is 6. The maximum Gasteiger partial charge on any atom is 0.272 e. The average molecular weight is 484 g/mol. The maximum absolute atomic E-state index is 12.4. The molecule has 0 saturated heterocycles. The zero-order valence-corrected chi connectivity index (χ0v) is 19.7. The Balaban J connectivity index is 1.48. The summed E-state index contributed by atoms with van der Waals surface area (Å²) < 4.78 is 8.85. The van der Waals surface area contributed by atoms with E-state index in [1.165, 1.54) is 28.5 Å². The number of fused-ring (bicyclic) bond motifs is 1. The summed E-state index contributed by atoms with van der Waals surface area (Å²) in [5, 5.41) is 21.6. The predicted octanol–water partition coefficient (Wildman–Crippen LogP) is 3.76. The quantitative estimate of drug-likeness (QED) is 0.334. The summed E-state index contributed by atoms with van der Waals surface area (Å²) in [5.74, 6) is 1.98. The molecule has 0 aliphatic carbocycles. The van der Waals surface area contributed by atoms with Crippen molar-refractivity contribution in [3.8, 4) is 17.5 Å². The first-order chi connectivity index (χ1) is 17.2. The van der Waals surface area contributed by atoms with Crippen LogP contribution in [0.1, 0.15) is 29.6 Å². The van der Waals surface area contributed by atoms with Crippen molar-refractivity contribution in [2.45, 2.75) is 24.3 Å². The summed E-state index contributed by atoms with van der Waals surface area (Å²) in [6, 6.07) is 21.4. The van der Waals surface area contributed by atoms with Crippen molar-refractivity contribution < 1.29 is 4.74 Å². The highest BCUT2D eigenvalue weighted by atomic mass is 32.2. The van der Waals surface area contributed by atoms with E-state index in [2.05, 4.69) is 38.5 Å². The third-order valence-electron chi connectivity index (χ3n) is 5.33. The van der Waals surface area contributed by atoms with Crippen LogP contribution in [0.4, 0.5) is 0 Å². The number of ether oxygens (including phenoxy) is 1. The summed E-state index contributed by atoms with van der Waals surface area (Å²) in [4.78, 5) is 17.0. The Morgan fingerprint density at radius 3 is 2.66 bits per heavy atom. The molecule has 9 nitrogen and oxygen atoms in total. The van der Waals surface area contributed by atoms with Gasteiger partial charge in [0.1, 0.15) is 23.2 Å². The van der Waals surface area contributed by atoms with E-state index in [1.807, 2.05) is 54.0 Å². The zero-order chi connectivity index (χ0) is 24.2. The van der Waals surface area contributed by atoms with Crippen LogP contribution in [0.5, 0.6) is 5.75 Å². The van der Waals surface area contributed by atoms with Gasteiger partial charge in [0.05, 0.1) is 12.3 Å². The van der Waals surface area contributed by atoms with Crippen LogP contribution in [-0.2, 0) is 12.2 Å². The SMILES string of the molecule is CCOc1ccc(-n2c(Cc3ccccc3)nnc2SCc2cc(=O)n3[nH]cc(C#N)c3n2)cc1. The fraction of sp³-hybridized carbons (Fsp3) is 0.160. The number of aromatic amines is 1. The summed E-state index contributed by atoms with van der Waals surface area (Å²) in [7, 11) is 0. The van der Waals surface area contributed by atoms with Crippen molar-refractivity contribution in [2.75, 3.05) is 6.61 Å². The number of nitrogens with one attached hydrogen (secondary N) is 1. The Labute approximate surface area is 205 Å². The van der Waals surface area contributed by atoms with Gasteiger partial charge >= 0.3 is 0 Å². The molecule has 0 amide bonds. The molecular formula is C25H21N7O2S. The third-order valence-corrected chi connectivity index (χ3v) is 6.29. The largest absolute Gasteiger partial charge is 0.494 e. The first kappa shape index (κ1) is 22.4. The monoisotopic (exact) mass is 483 g/mol. The number of H-pyrrole nitrogens is 1. The molecule has 1 N–H and O–H groups in total. The molecule has 0 unspecified atom stereocenters. The summed E-state index contributed by atoms with van der Waals surface area (Å²) in [6.07, 6.45) is 2.08. The van der Waals surface area contributed by atoms with Crippen molar-refractivity contribution in [3.63, 3.8) is 0 Å². The second kappa shape index (κ2) is 9.87. The lowest BCUT2D eigenvalue weighted by molar-refractivity contribution is 0.340. The smallest absolute Gasteiger partial charge is 0.272 e. The van der Waals surface area contributed by atoms with Crippen LogP contribution < -0.4 is 10.3 Å². The van der Waals surface area contributed by atoms with Crippen LogP contribution in [-0.4, -0.2) is 36.0 Å². The Morgan fingerprint density at radius 2 is 1.91 bits per heavy atom. The third kappa shape index (κ3) is 4.67. The minimum atomic E-state index is -0.273. The number of nitrogens with zero attached hydrogens (tertiary/aromatic N) is 6. The van der Waals surface area contributed by atoms with Crippen LogP contribution in [0.2, 0.25) is 0 Å². The van der Waals surface area contributed by atoms with Crippen molar-refractivity contribution >= 4 is 17.4 Å². The van der Waals surface area contributed by atoms with Gasteiger partial charge < -0.3 is 4.74 Å². The first-order valence-electron chi connectivity index (χ1n) is 11.0. The van der Waals surface area contributed by atoms with E-state index in [9.17, 15) is 10.1 Å². The molecule has 0 aliphatic heterocycles. The maximum atomic E-state index is 12.4. The molecule has 174 valence electrons. The van der Waals surface area contributed by atoms with Crippen molar-refractivity contribution in [3.05, 3.63) is 99.9 Å². The Kier molecular flexibility index (Phi) is 6.32. The van der Waals surface area contributed by atoms with E-state index in [0.717, 1.165) is 22.8 Å². The molecule has 2 aromatic carbocycles. The fourth-order valence-electron chi connectivity index (χ4n) is 3.73. The normalized spacial score (nSPS) is 11.0. The Morgan fingerprint density at radius 1 is 1.11 bits per heavy atom. The predicted molar refractivity (Wildman–Crippen MR) is 132 cm³/mol. The Hall–Kier alpha value is -4.36. The standard InChI is InChI=1S/C25H21N7O2S/c1-2-34-21-10-8-20(9-11-21)31-22(12-17-6-4-3-5-7-17)29-30-25(31)35-16-19-13-23(33)32-24(28-19)18(14-26)15-27-32/h3-11,13,15,27H,2,12,16H2,1H3. The lowest BCUT2D eigenvalue weighted by Gasteiger charge is -2.11. The highest BCUT2D eigenvalue weighted by Gasteiger charge is 2.17. The topological polar surface area (TPSA) is 114 Å². The number of nitriles is 1. The van der Waals surface area contributed by atoms with Crippen LogP contribution in [0.3, 0.4) is 0 Å². The highest BCUT2D eigenvalue weighted by Crippen LogP contribution is 2.27. The van der Waals surface area contributed by atoms with Crippen molar-refractivity contribution in [1.82, 2.24) is 29.4 Å². The minimum Gasteiger partial charge on any atom is -0.494 e. The number of benzene rings is 2. The molecular weight excluding hydrogens is 462 g/mol. The molecule has 0 bridgehead atoms. The molecule has 10 heteroatoms. The number of rotatable bonds is 8. The van der Waals surface area contributed by atoms with Gasteiger partial charge in [0.2, 0.25) is 0 Å². The van der Waals surface area contributed by atoms with E-state index in [1.54, 1.807) is 0 Å². The lowest BCUT2D eigenvalue weighted by Crippen LogP contribution is -2.15. The molecule has 0 aliphatic rings. The van der Waals surface area contributed by atoms with E-state index >= 15 is 0 Å². The highest BCUT2D eigenvalue weighted by molar-refractivity contribution is 7.98. The minimum absolute atomic E-state index is 0.273. The van der Waals surface area contributed by atoms with Gasteiger partial charge in [-0.1, -0.05) is 42.1 Å². The zero-order valence-electron chi connectivity index (χ0n) is 18.9. The first-order valence-corrected chi connectivity index (χ1v) is 12.0. The molecule has 3 heterocycles. The second-order valence-corrected chi connectivity index (χ2v) is 8.60. The van der Waals surface area contributed by atoms with E-state index in [4.69, 9.17) is 4.74 Å². The molecule has 0 saturated carbocycles. The molecule has 0 radical (unpaired) electrons. The number of hydrogen-bond donors (Lipinski definition) is 1. The van der Waals surface area contributed by atoms with Crippen molar-refractivity contribution in [1.29, 1.82) is 5.26 Å². The molecule has 0 fully saturated rings. The van der Waals surface area contributed by atoms with Crippen LogP contribution >= 0.6 is 11.8 Å². The van der Waals surface area contributed by atoms with Gasteiger partial charge in [-0.05, 0) is 36.8 Å². The summed E-state index contributed by atoms with van der Waals surface area (Å²) in [6.45, 7) is 2.54. The van der Waals surface area contributed by atoms with Gasteiger partial charge in [0, 0.05) is 30.1 Å². The molecule has 0 spiro atoms. The van der Waals surface area contributed by atoms with E-state index in [0.29, 0.717) is 40.8 Å². The van der Waals surface area contributed by atoms with Gasteiger partial charge in [0.15, 0.2) is 10.8 Å². The Bertz CT molecular complexity index is 1560. The molecule has 3 aromatic heterocycles. The van der Waals surface area contributed by atoms with Crippen molar-refractivity contribution in [2.24, 2.45) is 0 Å². The second-order valence-electron chi connectivity index (χ2n) is 7.66. The van der Waals surface area contributed by atoms with Gasteiger partial charge in [-0.15, -0.1) is 10.2 Å². The van der Waals surface area contributed by atoms with Crippen LogP contribution in [0.25, 0.3) is 11.3 Å². The van der Waals surface area contributed by atoms with E-state index < -0.39 is 0 Å². The summed E-state index contributed by atoms with van der Waals surface area (Å²) in [5.41, 5.74) is 2.95. The molecule has 35 heavy (non-hydrogen) atoms. The van der Waals surface area contributed by atoms with Crippen LogP contribution in [0, 0.1) is 11.3 Å². The van der Waals surface area contributed by atoms with E-state index in [-0.39, 0.29) is 5.56 Å². The lowest BCUT2D eigenvalue weighted by atomic mass is 10.1. The fourth-order valence-corrected chi connectivity index (χ4v) is 4.59.